The van der Waals surface area contributed by atoms with Crippen LogP contribution in [0.3, 0.4) is 0 Å². The Morgan fingerprint density at radius 1 is 1.36 bits per heavy atom. The summed E-state index contributed by atoms with van der Waals surface area (Å²) < 4.78 is 12.0. The SMILES string of the molecule is CN(C)CCOc1cccn(Cc2ccc(C(=O)O)o2)c1=O. The van der Waals surface area contributed by atoms with Crippen molar-refractivity contribution in [2.24, 2.45) is 0 Å². The molecule has 7 heteroatoms. The van der Waals surface area contributed by atoms with Gasteiger partial charge in [-0.1, -0.05) is 0 Å². The Bertz CT molecular complexity index is 702. The second-order valence-electron chi connectivity index (χ2n) is 5.03. The Morgan fingerprint density at radius 3 is 2.77 bits per heavy atom. The van der Waals surface area contributed by atoms with Crippen molar-refractivity contribution in [1.82, 2.24) is 9.47 Å². The van der Waals surface area contributed by atoms with Crippen molar-refractivity contribution in [3.63, 3.8) is 0 Å². The lowest BCUT2D eigenvalue weighted by Gasteiger charge is -2.11. The fourth-order valence-electron chi connectivity index (χ4n) is 1.83. The normalized spacial score (nSPS) is 10.9. The Morgan fingerprint density at radius 2 is 2.14 bits per heavy atom. The molecule has 0 spiro atoms. The van der Waals surface area contributed by atoms with E-state index in [1.54, 1.807) is 18.3 Å². The summed E-state index contributed by atoms with van der Waals surface area (Å²) in [5.74, 6) is -0.639. The van der Waals surface area contributed by atoms with Gasteiger partial charge in [-0.05, 0) is 38.4 Å². The number of nitrogens with zero attached hydrogens (tertiary/aromatic N) is 2. The van der Waals surface area contributed by atoms with E-state index >= 15 is 0 Å². The molecular formula is C15H18N2O5. The molecular weight excluding hydrogens is 288 g/mol. The number of hydrogen-bond acceptors (Lipinski definition) is 5. The molecule has 0 aliphatic rings. The van der Waals surface area contributed by atoms with Crippen LogP contribution in [0.15, 0.2) is 39.7 Å². The molecule has 22 heavy (non-hydrogen) atoms. The van der Waals surface area contributed by atoms with Gasteiger partial charge in [-0.25, -0.2) is 4.79 Å². The lowest BCUT2D eigenvalue weighted by Crippen LogP contribution is -2.25. The first kappa shape index (κ1) is 15.8. The molecule has 0 bridgehead atoms. The minimum atomic E-state index is -1.14. The number of aromatic carboxylic acids is 1. The third-order valence-corrected chi connectivity index (χ3v) is 2.98. The van der Waals surface area contributed by atoms with E-state index in [-0.39, 0.29) is 23.6 Å². The zero-order valence-electron chi connectivity index (χ0n) is 12.5. The van der Waals surface area contributed by atoms with Crippen molar-refractivity contribution < 1.29 is 19.1 Å². The van der Waals surface area contributed by atoms with Crippen molar-refractivity contribution in [3.8, 4) is 5.75 Å². The summed E-state index contributed by atoms with van der Waals surface area (Å²) in [7, 11) is 3.84. The molecule has 0 radical (unpaired) electrons. The topological polar surface area (TPSA) is 84.9 Å². The van der Waals surface area contributed by atoms with Crippen LogP contribution in [-0.2, 0) is 6.54 Å². The number of carboxylic acids is 1. The van der Waals surface area contributed by atoms with Crippen LogP contribution in [0.25, 0.3) is 0 Å². The number of ether oxygens (including phenoxy) is 1. The molecule has 0 saturated carbocycles. The first-order chi connectivity index (χ1) is 10.5. The van der Waals surface area contributed by atoms with Crippen molar-refractivity contribution in [1.29, 1.82) is 0 Å². The maximum Gasteiger partial charge on any atom is 0.371 e. The summed E-state index contributed by atoms with van der Waals surface area (Å²) in [6, 6.07) is 6.21. The molecule has 0 unspecified atom stereocenters. The Balaban J connectivity index is 2.10. The van der Waals surface area contributed by atoms with Gasteiger partial charge in [0.25, 0.3) is 5.56 Å². The maximum absolute atomic E-state index is 12.3. The van der Waals surface area contributed by atoms with E-state index in [1.807, 2.05) is 19.0 Å². The number of carbonyl (C=O) groups is 1. The average Bonchev–Trinajstić information content (AvgIpc) is 2.91. The van der Waals surface area contributed by atoms with Gasteiger partial charge in [-0.2, -0.15) is 0 Å². The highest BCUT2D eigenvalue weighted by Gasteiger charge is 2.11. The van der Waals surface area contributed by atoms with E-state index in [2.05, 4.69) is 0 Å². The smallest absolute Gasteiger partial charge is 0.371 e. The summed E-state index contributed by atoms with van der Waals surface area (Å²) in [5, 5.41) is 8.82. The third-order valence-electron chi connectivity index (χ3n) is 2.98. The molecule has 0 aliphatic heterocycles. The molecule has 0 aromatic carbocycles. The number of furan rings is 1. The Hall–Kier alpha value is -2.54. The largest absolute Gasteiger partial charge is 0.487 e. The highest BCUT2D eigenvalue weighted by atomic mass is 16.5. The van der Waals surface area contributed by atoms with E-state index in [1.165, 1.54) is 16.7 Å². The molecule has 0 amide bonds. The molecule has 2 aromatic rings. The van der Waals surface area contributed by atoms with E-state index in [9.17, 15) is 9.59 Å². The van der Waals surface area contributed by atoms with Crippen LogP contribution < -0.4 is 10.3 Å². The number of likely N-dealkylation sites (N-methyl/N-ethyl adjacent to an activating group) is 1. The van der Waals surface area contributed by atoms with Gasteiger partial charge in [0.15, 0.2) is 5.75 Å². The van der Waals surface area contributed by atoms with E-state index in [0.717, 1.165) is 0 Å². The van der Waals surface area contributed by atoms with Gasteiger partial charge >= 0.3 is 5.97 Å². The molecule has 2 aromatic heterocycles. The standard InChI is InChI=1S/C15H18N2O5/c1-16(2)8-9-21-12-4-3-7-17(14(12)18)10-11-5-6-13(22-11)15(19)20/h3-7H,8-10H2,1-2H3,(H,19,20). The van der Waals surface area contributed by atoms with Crippen LogP contribution in [-0.4, -0.2) is 47.8 Å². The van der Waals surface area contributed by atoms with Crippen LogP contribution in [0.2, 0.25) is 0 Å². The second-order valence-corrected chi connectivity index (χ2v) is 5.03. The van der Waals surface area contributed by atoms with Crippen LogP contribution >= 0.6 is 0 Å². The zero-order valence-corrected chi connectivity index (χ0v) is 12.5. The number of carboxylic acid groups (broad SMARTS) is 1. The van der Waals surface area contributed by atoms with Crippen LogP contribution in [0.5, 0.6) is 5.75 Å². The number of pyridine rings is 1. The first-order valence-electron chi connectivity index (χ1n) is 6.76. The fraction of sp³-hybridized carbons (Fsp3) is 0.333. The van der Waals surface area contributed by atoms with Gasteiger partial charge in [-0.3, -0.25) is 4.79 Å². The fourth-order valence-corrected chi connectivity index (χ4v) is 1.83. The summed E-state index contributed by atoms with van der Waals surface area (Å²) in [5.41, 5.74) is -0.283. The summed E-state index contributed by atoms with van der Waals surface area (Å²) in [6.45, 7) is 1.27. The zero-order chi connectivity index (χ0) is 16.1. The number of aromatic nitrogens is 1. The minimum absolute atomic E-state index is 0.150. The van der Waals surface area contributed by atoms with Crippen molar-refractivity contribution in [2.75, 3.05) is 27.2 Å². The monoisotopic (exact) mass is 306 g/mol. The predicted molar refractivity (Wildman–Crippen MR) is 79.5 cm³/mol. The molecule has 118 valence electrons. The van der Waals surface area contributed by atoms with Gasteiger partial charge in [0.05, 0.1) is 6.54 Å². The molecule has 2 heterocycles. The highest BCUT2D eigenvalue weighted by molar-refractivity contribution is 5.84. The van der Waals surface area contributed by atoms with Crippen molar-refractivity contribution >= 4 is 5.97 Å². The molecule has 2 rings (SSSR count). The summed E-state index contributed by atoms with van der Waals surface area (Å²) in [4.78, 5) is 25.0. The molecule has 1 N–H and O–H groups in total. The van der Waals surface area contributed by atoms with Gasteiger partial charge in [0.2, 0.25) is 5.76 Å². The molecule has 0 atom stereocenters. The Kier molecular flexibility index (Phi) is 5.00. The summed E-state index contributed by atoms with van der Waals surface area (Å²) in [6.07, 6.45) is 1.60. The lowest BCUT2D eigenvalue weighted by atomic mass is 10.4. The van der Waals surface area contributed by atoms with Crippen LogP contribution in [0, 0.1) is 0 Å². The number of rotatable bonds is 7. The van der Waals surface area contributed by atoms with Gasteiger partial charge in [-0.15, -0.1) is 0 Å². The minimum Gasteiger partial charge on any atom is -0.487 e. The Labute approximate surface area is 127 Å². The van der Waals surface area contributed by atoms with E-state index in [0.29, 0.717) is 18.9 Å². The van der Waals surface area contributed by atoms with Crippen LogP contribution in [0.1, 0.15) is 16.3 Å². The van der Waals surface area contributed by atoms with Crippen molar-refractivity contribution in [2.45, 2.75) is 6.54 Å². The highest BCUT2D eigenvalue weighted by Crippen LogP contribution is 2.10. The van der Waals surface area contributed by atoms with Crippen molar-refractivity contribution in [3.05, 3.63) is 52.3 Å². The van der Waals surface area contributed by atoms with Gasteiger partial charge in [0.1, 0.15) is 12.4 Å². The average molecular weight is 306 g/mol. The van der Waals surface area contributed by atoms with Gasteiger partial charge < -0.3 is 23.7 Å². The quantitative estimate of drug-likeness (QED) is 0.825. The number of hydrogen-bond donors (Lipinski definition) is 1. The maximum atomic E-state index is 12.3. The molecule has 0 fully saturated rings. The second kappa shape index (κ2) is 6.95. The van der Waals surface area contributed by atoms with Crippen LogP contribution in [0.4, 0.5) is 0 Å². The third kappa shape index (κ3) is 3.98. The van der Waals surface area contributed by atoms with E-state index in [4.69, 9.17) is 14.3 Å². The van der Waals surface area contributed by atoms with E-state index < -0.39 is 5.97 Å². The molecule has 0 aliphatic carbocycles. The predicted octanol–water partition coefficient (Wildman–Crippen LogP) is 1.13. The first-order valence-corrected chi connectivity index (χ1v) is 6.76. The lowest BCUT2D eigenvalue weighted by molar-refractivity contribution is 0.0660. The molecule has 7 nitrogen and oxygen atoms in total. The molecule has 0 saturated heterocycles. The van der Waals surface area contributed by atoms with Gasteiger partial charge in [0, 0.05) is 12.7 Å². The summed E-state index contributed by atoms with van der Waals surface area (Å²) >= 11 is 0.